The molecule has 0 aliphatic heterocycles. The Morgan fingerprint density at radius 1 is 0.867 bits per heavy atom. The van der Waals surface area contributed by atoms with Gasteiger partial charge in [-0.25, -0.2) is 4.39 Å². The molecule has 3 heteroatoms. The summed E-state index contributed by atoms with van der Waals surface area (Å²) in [5, 5.41) is 10.3. The average molecular weight is 404 g/mol. The van der Waals surface area contributed by atoms with Crippen molar-refractivity contribution in [2.24, 2.45) is 0 Å². The third kappa shape index (κ3) is 4.68. The minimum absolute atomic E-state index is 0.114. The van der Waals surface area contributed by atoms with Gasteiger partial charge in [0.05, 0.1) is 12.3 Å². The maximum atomic E-state index is 13.6. The highest BCUT2D eigenvalue weighted by molar-refractivity contribution is 5.84. The lowest BCUT2D eigenvalue weighted by molar-refractivity contribution is 0.280. The Hall–Kier alpha value is -2.78. The van der Waals surface area contributed by atoms with E-state index in [9.17, 15) is 9.50 Å². The molecule has 0 aliphatic carbocycles. The number of aryl methyl sites for hydroxylation is 1. The molecule has 2 aromatic carbocycles. The van der Waals surface area contributed by atoms with Crippen molar-refractivity contribution in [3.63, 3.8) is 0 Å². The van der Waals surface area contributed by atoms with Gasteiger partial charge in [-0.1, -0.05) is 81.8 Å². The van der Waals surface area contributed by atoms with Crippen LogP contribution in [0.4, 0.5) is 4.39 Å². The van der Waals surface area contributed by atoms with Crippen LogP contribution in [-0.4, -0.2) is 10.1 Å². The Morgan fingerprint density at radius 2 is 1.47 bits per heavy atom. The highest BCUT2D eigenvalue weighted by Gasteiger charge is 2.22. The van der Waals surface area contributed by atoms with Crippen LogP contribution < -0.4 is 0 Å². The predicted molar refractivity (Wildman–Crippen MR) is 124 cm³/mol. The van der Waals surface area contributed by atoms with Crippen LogP contribution >= 0.6 is 0 Å². The van der Waals surface area contributed by atoms with Gasteiger partial charge < -0.3 is 5.11 Å². The van der Waals surface area contributed by atoms with Crippen molar-refractivity contribution in [1.82, 2.24) is 4.98 Å². The second kappa shape index (κ2) is 9.36. The molecule has 0 atom stereocenters. The molecule has 156 valence electrons. The lowest BCUT2D eigenvalue weighted by atomic mass is 9.87. The summed E-state index contributed by atoms with van der Waals surface area (Å²) < 4.78 is 13.6. The number of nitrogens with zero attached hydrogens (tertiary/aromatic N) is 1. The molecule has 1 N–H and O–H groups in total. The molecule has 0 unspecified atom stereocenters. The van der Waals surface area contributed by atoms with Crippen molar-refractivity contribution in [3.05, 3.63) is 88.0 Å². The van der Waals surface area contributed by atoms with Crippen LogP contribution in [0, 0.1) is 12.7 Å². The van der Waals surface area contributed by atoms with Gasteiger partial charge in [0.15, 0.2) is 0 Å². The van der Waals surface area contributed by atoms with Crippen LogP contribution in [0.1, 0.15) is 73.2 Å². The summed E-state index contributed by atoms with van der Waals surface area (Å²) in [4.78, 5) is 4.99. The largest absolute Gasteiger partial charge is 0.392 e. The first-order valence-corrected chi connectivity index (χ1v) is 10.5. The Bertz CT molecular complexity index is 1030. The van der Waals surface area contributed by atoms with Gasteiger partial charge in [-0.2, -0.15) is 0 Å². The molecule has 1 heterocycles. The lowest BCUT2D eigenvalue weighted by Crippen LogP contribution is -2.10. The third-order valence-electron chi connectivity index (χ3n) is 5.30. The minimum Gasteiger partial charge on any atom is -0.392 e. The SMILES string of the molecule is Cc1ccc(/C=C/c2c(C(C)C)nc(C(C)C)c(CO)c2-c2ccc(F)cc2)cc1. The number of hydrogen-bond acceptors (Lipinski definition) is 2. The molecule has 3 aromatic rings. The van der Waals surface area contributed by atoms with Gasteiger partial charge in [0.1, 0.15) is 5.82 Å². The van der Waals surface area contributed by atoms with Crippen LogP contribution in [0.15, 0.2) is 48.5 Å². The van der Waals surface area contributed by atoms with Crippen LogP contribution in [0.25, 0.3) is 23.3 Å². The number of aromatic nitrogens is 1. The fraction of sp³-hybridized carbons (Fsp3) is 0.296. The van der Waals surface area contributed by atoms with E-state index >= 15 is 0 Å². The van der Waals surface area contributed by atoms with Gasteiger partial charge in [0.2, 0.25) is 0 Å². The highest BCUT2D eigenvalue weighted by atomic mass is 19.1. The monoisotopic (exact) mass is 403 g/mol. The van der Waals surface area contributed by atoms with E-state index in [4.69, 9.17) is 4.98 Å². The molecular formula is C27H30FNO. The molecule has 0 amide bonds. The zero-order valence-corrected chi connectivity index (χ0v) is 18.4. The topological polar surface area (TPSA) is 33.1 Å². The van der Waals surface area contributed by atoms with E-state index in [-0.39, 0.29) is 24.3 Å². The number of rotatable bonds is 6. The Balaban J connectivity index is 2.31. The molecule has 1 aromatic heterocycles. The molecule has 0 spiro atoms. The van der Waals surface area contributed by atoms with Crippen LogP contribution in [0.5, 0.6) is 0 Å². The number of benzene rings is 2. The molecule has 0 saturated heterocycles. The van der Waals surface area contributed by atoms with Gasteiger partial charge >= 0.3 is 0 Å². The Labute approximate surface area is 179 Å². The molecule has 2 nitrogen and oxygen atoms in total. The van der Waals surface area contributed by atoms with Gasteiger partial charge in [0.25, 0.3) is 0 Å². The molecule has 0 saturated carbocycles. The first-order valence-electron chi connectivity index (χ1n) is 10.5. The van der Waals surface area contributed by atoms with Crippen LogP contribution in [-0.2, 0) is 6.61 Å². The number of pyridine rings is 1. The molecule has 30 heavy (non-hydrogen) atoms. The second-order valence-electron chi connectivity index (χ2n) is 8.37. The van der Waals surface area contributed by atoms with E-state index in [2.05, 4.69) is 71.0 Å². The van der Waals surface area contributed by atoms with Crippen molar-refractivity contribution in [2.75, 3.05) is 0 Å². The molecule has 0 aliphatic rings. The fourth-order valence-electron chi connectivity index (χ4n) is 3.73. The van der Waals surface area contributed by atoms with Crippen molar-refractivity contribution in [1.29, 1.82) is 0 Å². The summed E-state index contributed by atoms with van der Waals surface area (Å²) in [6.07, 6.45) is 4.15. The van der Waals surface area contributed by atoms with E-state index in [1.54, 1.807) is 12.1 Å². The van der Waals surface area contributed by atoms with Gasteiger partial charge in [-0.15, -0.1) is 0 Å². The van der Waals surface area contributed by atoms with Gasteiger partial charge in [-0.3, -0.25) is 4.98 Å². The highest BCUT2D eigenvalue weighted by Crippen LogP contribution is 2.37. The van der Waals surface area contributed by atoms with Gasteiger partial charge in [-0.05, 0) is 47.6 Å². The number of hydrogen-bond donors (Lipinski definition) is 1. The quantitative estimate of drug-likeness (QED) is 0.476. The first kappa shape index (κ1) is 21.9. The predicted octanol–water partition coefficient (Wildman–Crippen LogP) is 7.11. The second-order valence-corrected chi connectivity index (χ2v) is 8.37. The van der Waals surface area contributed by atoms with Crippen molar-refractivity contribution >= 4 is 12.2 Å². The summed E-state index contributed by atoms with van der Waals surface area (Å²) in [7, 11) is 0. The summed E-state index contributed by atoms with van der Waals surface area (Å²) in [5.41, 5.74) is 7.80. The van der Waals surface area contributed by atoms with E-state index in [0.717, 1.165) is 39.2 Å². The number of halogens is 1. The zero-order valence-electron chi connectivity index (χ0n) is 18.4. The summed E-state index contributed by atoms with van der Waals surface area (Å²) in [5.74, 6) is 0.0920. The lowest BCUT2D eigenvalue weighted by Gasteiger charge is -2.23. The average Bonchev–Trinajstić information content (AvgIpc) is 2.72. The van der Waals surface area contributed by atoms with E-state index in [0.29, 0.717) is 0 Å². The van der Waals surface area contributed by atoms with Crippen molar-refractivity contribution in [3.8, 4) is 11.1 Å². The summed E-state index contributed by atoms with van der Waals surface area (Å²) in [6, 6.07) is 14.8. The smallest absolute Gasteiger partial charge is 0.123 e. The molecule has 0 fully saturated rings. The maximum Gasteiger partial charge on any atom is 0.123 e. The minimum atomic E-state index is -0.275. The first-order chi connectivity index (χ1) is 14.3. The zero-order chi connectivity index (χ0) is 21.8. The Kier molecular flexibility index (Phi) is 6.84. The molecule has 3 rings (SSSR count). The van der Waals surface area contributed by atoms with Gasteiger partial charge in [0, 0.05) is 16.8 Å². The normalized spacial score (nSPS) is 11.8. The van der Waals surface area contributed by atoms with E-state index < -0.39 is 0 Å². The fourth-order valence-corrected chi connectivity index (χ4v) is 3.73. The van der Waals surface area contributed by atoms with Crippen molar-refractivity contribution in [2.45, 2.75) is 53.1 Å². The maximum absolute atomic E-state index is 13.6. The number of aliphatic hydroxyl groups excluding tert-OH is 1. The van der Waals surface area contributed by atoms with Crippen molar-refractivity contribution < 1.29 is 9.50 Å². The summed E-state index contributed by atoms with van der Waals surface area (Å²) in [6.45, 7) is 10.4. The van der Waals surface area contributed by atoms with E-state index in [1.165, 1.54) is 17.7 Å². The number of aliphatic hydroxyl groups is 1. The standard InChI is InChI=1S/C27H30FNO/c1-17(2)26-23(15-10-20-8-6-19(5)7-9-20)25(21-11-13-22(28)14-12-21)24(16-30)27(29-26)18(3)4/h6-15,17-18,30H,16H2,1-5H3/b15-10+. The molecule has 0 bridgehead atoms. The van der Waals surface area contributed by atoms with Crippen LogP contribution in [0.3, 0.4) is 0 Å². The molecular weight excluding hydrogens is 373 g/mol. The Morgan fingerprint density at radius 3 is 2.00 bits per heavy atom. The molecule has 0 radical (unpaired) electrons. The summed E-state index contributed by atoms with van der Waals surface area (Å²) >= 11 is 0. The van der Waals surface area contributed by atoms with E-state index in [1.807, 2.05) is 0 Å². The van der Waals surface area contributed by atoms with Crippen LogP contribution in [0.2, 0.25) is 0 Å². The third-order valence-corrected chi connectivity index (χ3v) is 5.30.